The number of ether oxygens (including phenoxy) is 1. The molecule has 0 atom stereocenters. The lowest BCUT2D eigenvalue weighted by Crippen LogP contribution is -2.02. The first kappa shape index (κ1) is 18.9. The molecule has 2 aromatic carbocycles. The number of aromatic nitrogens is 1. The number of oxazole rings is 1. The van der Waals surface area contributed by atoms with E-state index in [2.05, 4.69) is 29.2 Å². The van der Waals surface area contributed by atoms with E-state index in [1.54, 1.807) is 13.3 Å². The highest BCUT2D eigenvalue weighted by Crippen LogP contribution is 2.23. The van der Waals surface area contributed by atoms with Crippen LogP contribution in [0.2, 0.25) is 0 Å². The standard InChI is InChI=1S/C23H25NO3/c1-26-21-14-12-19(13-15-21)22-17-24-23(27-22)16-20(25)11-7-3-6-10-18-8-4-2-5-9-18/h2,4-5,8-9,12-15,17H,3,6-7,10-11,16H2,1H3. The van der Waals surface area contributed by atoms with Crippen LogP contribution in [0.3, 0.4) is 0 Å². The molecule has 0 saturated heterocycles. The molecule has 0 spiro atoms. The van der Waals surface area contributed by atoms with E-state index in [1.165, 1.54) is 5.56 Å². The summed E-state index contributed by atoms with van der Waals surface area (Å²) in [6.45, 7) is 0. The summed E-state index contributed by atoms with van der Waals surface area (Å²) in [5.74, 6) is 2.12. The number of rotatable bonds is 10. The zero-order valence-electron chi connectivity index (χ0n) is 15.7. The molecule has 0 amide bonds. The maximum atomic E-state index is 12.2. The van der Waals surface area contributed by atoms with Gasteiger partial charge in [0.25, 0.3) is 0 Å². The van der Waals surface area contributed by atoms with E-state index in [4.69, 9.17) is 9.15 Å². The second kappa shape index (κ2) is 9.72. The number of methoxy groups -OCH3 is 1. The van der Waals surface area contributed by atoms with E-state index >= 15 is 0 Å². The molecule has 0 unspecified atom stereocenters. The zero-order chi connectivity index (χ0) is 18.9. The third kappa shape index (κ3) is 5.81. The van der Waals surface area contributed by atoms with E-state index in [0.717, 1.165) is 37.0 Å². The summed E-state index contributed by atoms with van der Waals surface area (Å²) in [6, 6.07) is 18.0. The Hall–Kier alpha value is -2.88. The molecule has 27 heavy (non-hydrogen) atoms. The molecule has 4 nitrogen and oxygen atoms in total. The molecule has 0 saturated carbocycles. The van der Waals surface area contributed by atoms with Gasteiger partial charge in [0, 0.05) is 12.0 Å². The predicted molar refractivity (Wildman–Crippen MR) is 106 cm³/mol. The smallest absolute Gasteiger partial charge is 0.202 e. The van der Waals surface area contributed by atoms with Gasteiger partial charge in [0.05, 0.1) is 19.7 Å². The van der Waals surface area contributed by atoms with Crippen LogP contribution >= 0.6 is 0 Å². The molecule has 0 fully saturated rings. The molecule has 0 N–H and O–H groups in total. The average molecular weight is 363 g/mol. The van der Waals surface area contributed by atoms with E-state index < -0.39 is 0 Å². The highest BCUT2D eigenvalue weighted by Gasteiger charge is 2.11. The maximum Gasteiger partial charge on any atom is 0.202 e. The van der Waals surface area contributed by atoms with Crippen molar-refractivity contribution in [1.82, 2.24) is 4.98 Å². The van der Waals surface area contributed by atoms with E-state index in [-0.39, 0.29) is 12.2 Å². The number of hydrogen-bond acceptors (Lipinski definition) is 4. The second-order valence-electron chi connectivity index (χ2n) is 6.61. The minimum absolute atomic E-state index is 0.179. The first-order chi connectivity index (χ1) is 13.2. The third-order valence-electron chi connectivity index (χ3n) is 4.54. The molecule has 4 heteroatoms. The molecule has 1 aromatic heterocycles. The Morgan fingerprint density at radius 1 is 1.00 bits per heavy atom. The van der Waals surface area contributed by atoms with Crippen molar-refractivity contribution in [2.75, 3.05) is 7.11 Å². The lowest BCUT2D eigenvalue weighted by atomic mass is 10.0. The van der Waals surface area contributed by atoms with Crippen LogP contribution in [0.4, 0.5) is 0 Å². The van der Waals surface area contributed by atoms with Gasteiger partial charge >= 0.3 is 0 Å². The molecule has 0 bridgehead atoms. The molecule has 0 aliphatic heterocycles. The van der Waals surface area contributed by atoms with Crippen LogP contribution in [0.1, 0.15) is 37.1 Å². The fourth-order valence-corrected chi connectivity index (χ4v) is 3.01. The number of Topliss-reactive ketones (excluding diaryl/α,β-unsaturated/α-hetero) is 1. The normalized spacial score (nSPS) is 10.7. The Morgan fingerprint density at radius 3 is 2.52 bits per heavy atom. The molecule has 1 heterocycles. The topological polar surface area (TPSA) is 52.3 Å². The van der Waals surface area contributed by atoms with Crippen molar-refractivity contribution in [3.05, 3.63) is 72.2 Å². The molecule has 140 valence electrons. The average Bonchev–Trinajstić information content (AvgIpc) is 3.17. The molecule has 0 aliphatic rings. The number of carbonyl (C=O) groups is 1. The van der Waals surface area contributed by atoms with Crippen LogP contribution in [0, 0.1) is 0 Å². The van der Waals surface area contributed by atoms with Crippen molar-refractivity contribution >= 4 is 5.78 Å². The summed E-state index contributed by atoms with van der Waals surface area (Å²) in [6.07, 6.45) is 6.66. The molecule has 3 aromatic rings. The van der Waals surface area contributed by atoms with Gasteiger partial charge in [-0.15, -0.1) is 0 Å². The van der Waals surface area contributed by atoms with E-state index in [0.29, 0.717) is 18.1 Å². The van der Waals surface area contributed by atoms with Crippen LogP contribution in [0.15, 0.2) is 65.2 Å². The minimum atomic E-state index is 0.179. The number of benzene rings is 2. The number of nitrogens with zero attached hydrogens (tertiary/aromatic N) is 1. The number of hydrogen-bond donors (Lipinski definition) is 0. The predicted octanol–water partition coefficient (Wildman–Crippen LogP) is 5.26. The summed E-state index contributed by atoms with van der Waals surface area (Å²) in [7, 11) is 1.63. The molecular weight excluding hydrogens is 338 g/mol. The quantitative estimate of drug-likeness (QED) is 0.461. The lowest BCUT2D eigenvalue weighted by molar-refractivity contribution is -0.118. The largest absolute Gasteiger partial charge is 0.497 e. The SMILES string of the molecule is COc1ccc(-c2cnc(CC(=O)CCCCCc3ccccc3)o2)cc1. The van der Waals surface area contributed by atoms with Gasteiger partial charge in [0.2, 0.25) is 5.89 Å². The Kier molecular flexibility index (Phi) is 6.80. The summed E-state index contributed by atoms with van der Waals surface area (Å²) in [4.78, 5) is 16.4. The van der Waals surface area contributed by atoms with Gasteiger partial charge in [-0.1, -0.05) is 36.8 Å². The zero-order valence-corrected chi connectivity index (χ0v) is 15.7. The number of unbranched alkanes of at least 4 members (excludes halogenated alkanes) is 2. The summed E-state index contributed by atoms with van der Waals surface area (Å²) < 4.78 is 10.9. The highest BCUT2D eigenvalue weighted by molar-refractivity contribution is 5.80. The van der Waals surface area contributed by atoms with Crippen molar-refractivity contribution in [3.63, 3.8) is 0 Å². The Labute approximate surface area is 160 Å². The van der Waals surface area contributed by atoms with Gasteiger partial charge in [-0.2, -0.15) is 0 Å². The Morgan fingerprint density at radius 2 is 1.78 bits per heavy atom. The first-order valence-corrected chi connectivity index (χ1v) is 9.39. The molecule has 0 radical (unpaired) electrons. The number of aryl methyl sites for hydroxylation is 1. The van der Waals surface area contributed by atoms with E-state index in [9.17, 15) is 4.79 Å². The summed E-state index contributed by atoms with van der Waals surface area (Å²) >= 11 is 0. The van der Waals surface area contributed by atoms with Gasteiger partial charge in [-0.25, -0.2) is 4.98 Å². The number of carbonyl (C=O) groups excluding carboxylic acids is 1. The minimum Gasteiger partial charge on any atom is -0.497 e. The third-order valence-corrected chi connectivity index (χ3v) is 4.54. The van der Waals surface area contributed by atoms with Crippen molar-refractivity contribution in [2.24, 2.45) is 0 Å². The summed E-state index contributed by atoms with van der Waals surface area (Å²) in [5, 5.41) is 0. The van der Waals surface area contributed by atoms with Crippen molar-refractivity contribution in [2.45, 2.75) is 38.5 Å². The maximum absolute atomic E-state index is 12.2. The Balaban J connectivity index is 1.40. The van der Waals surface area contributed by atoms with Crippen LogP contribution in [0.5, 0.6) is 5.75 Å². The fourth-order valence-electron chi connectivity index (χ4n) is 3.01. The number of ketones is 1. The van der Waals surface area contributed by atoms with Crippen LogP contribution in [-0.4, -0.2) is 17.9 Å². The van der Waals surface area contributed by atoms with Crippen LogP contribution < -0.4 is 4.74 Å². The van der Waals surface area contributed by atoms with Gasteiger partial charge in [-0.3, -0.25) is 4.79 Å². The van der Waals surface area contributed by atoms with Crippen LogP contribution in [0.25, 0.3) is 11.3 Å². The second-order valence-corrected chi connectivity index (χ2v) is 6.61. The summed E-state index contributed by atoms with van der Waals surface area (Å²) in [5.41, 5.74) is 2.28. The molecular formula is C23H25NO3. The van der Waals surface area contributed by atoms with Crippen molar-refractivity contribution in [3.8, 4) is 17.1 Å². The van der Waals surface area contributed by atoms with Gasteiger partial charge in [0.15, 0.2) is 5.76 Å². The van der Waals surface area contributed by atoms with Crippen LogP contribution in [-0.2, 0) is 17.6 Å². The molecule has 0 aliphatic carbocycles. The van der Waals surface area contributed by atoms with E-state index in [1.807, 2.05) is 30.3 Å². The van der Waals surface area contributed by atoms with Gasteiger partial charge < -0.3 is 9.15 Å². The highest BCUT2D eigenvalue weighted by atomic mass is 16.5. The molecule has 3 rings (SSSR count). The van der Waals surface area contributed by atoms with Gasteiger partial charge in [-0.05, 0) is 49.1 Å². The fraction of sp³-hybridized carbons (Fsp3) is 0.304. The van der Waals surface area contributed by atoms with Gasteiger partial charge in [0.1, 0.15) is 11.5 Å². The van der Waals surface area contributed by atoms with Crippen molar-refractivity contribution in [1.29, 1.82) is 0 Å². The van der Waals surface area contributed by atoms with Crippen molar-refractivity contribution < 1.29 is 13.9 Å². The lowest BCUT2D eigenvalue weighted by Gasteiger charge is -2.02. The first-order valence-electron chi connectivity index (χ1n) is 9.39. The monoisotopic (exact) mass is 363 g/mol. The Bertz CT molecular complexity index is 838.